The molecule has 0 fully saturated rings. The van der Waals surface area contributed by atoms with E-state index < -0.39 is 0 Å². The van der Waals surface area contributed by atoms with Crippen molar-refractivity contribution in [3.63, 3.8) is 0 Å². The van der Waals surface area contributed by atoms with E-state index in [-0.39, 0.29) is 0 Å². The van der Waals surface area contributed by atoms with Gasteiger partial charge in [-0.25, -0.2) is 0 Å². The molecule has 16 rings (SSSR count). The summed E-state index contributed by atoms with van der Waals surface area (Å²) >= 11 is 0. The molecule has 0 amide bonds. The van der Waals surface area contributed by atoms with Gasteiger partial charge in [-0.15, -0.1) is 0 Å². The highest BCUT2D eigenvalue weighted by Crippen LogP contribution is 2.57. The minimum atomic E-state index is 0.768. The third-order valence-electron chi connectivity index (χ3n) is 17.1. The molecule has 12 aromatic carbocycles. The molecule has 0 saturated heterocycles. The Hall–Kier alpha value is -11.8. The lowest BCUT2D eigenvalue weighted by atomic mass is 9.88. The van der Waals surface area contributed by atoms with Crippen LogP contribution < -0.4 is 19.6 Å². The average Bonchev–Trinajstić information content (AvgIpc) is 0.942. The maximum atomic E-state index is 5.12. The van der Waals surface area contributed by atoms with E-state index in [4.69, 9.17) is 39.9 Å². The van der Waals surface area contributed by atoms with Gasteiger partial charge < -0.3 is 19.6 Å². The number of nitrogens with zero attached hydrogens (tertiary/aromatic N) is 12. The number of aryl methyl sites for hydroxylation is 4. The van der Waals surface area contributed by atoms with Crippen molar-refractivity contribution >= 4 is 145 Å². The molecule has 0 saturated carbocycles. The maximum Gasteiger partial charge on any atom is 0.113 e. The molecule has 0 N–H and O–H groups in total. The van der Waals surface area contributed by atoms with Gasteiger partial charge in [-0.2, -0.15) is 0 Å². The molecule has 4 heterocycles. The first-order valence-corrected chi connectivity index (χ1v) is 29.4. The van der Waals surface area contributed by atoms with Crippen molar-refractivity contribution in [2.75, 3.05) is 19.6 Å². The molecule has 12 nitrogen and oxygen atoms in total. The number of benzene rings is 12. The van der Waals surface area contributed by atoms with Crippen molar-refractivity contribution in [1.82, 2.24) is 39.9 Å². The molecule has 0 unspecified atom stereocenters. The highest BCUT2D eigenvalue weighted by Gasteiger charge is 2.32. The highest BCUT2D eigenvalue weighted by molar-refractivity contribution is 6.33. The summed E-state index contributed by atoms with van der Waals surface area (Å²) < 4.78 is 0. The van der Waals surface area contributed by atoms with Crippen molar-refractivity contribution in [2.24, 2.45) is 0 Å². The fraction of sp³-hybridized carbons (Fsp3) is 0.0526. The van der Waals surface area contributed by atoms with Crippen LogP contribution in [0.4, 0.5) is 68.2 Å². The maximum absolute atomic E-state index is 5.12. The summed E-state index contributed by atoms with van der Waals surface area (Å²) in [5.74, 6) is 0. The lowest BCUT2D eigenvalue weighted by Gasteiger charge is -2.35. The average molecular weight is 1140 g/mol. The zero-order valence-corrected chi connectivity index (χ0v) is 48.6. The van der Waals surface area contributed by atoms with E-state index in [1.807, 2.05) is 24.3 Å². The molecule has 418 valence electrons. The first kappa shape index (κ1) is 51.8. The molecular formula is C76H54N12. The van der Waals surface area contributed by atoms with Crippen LogP contribution in [0.25, 0.3) is 76.5 Å². The highest BCUT2D eigenvalue weighted by atomic mass is 15.2. The molecule has 0 aliphatic heterocycles. The van der Waals surface area contributed by atoms with Gasteiger partial charge in [-0.1, -0.05) is 121 Å². The number of aromatic nitrogens is 8. The Balaban J connectivity index is 1.15. The Morgan fingerprint density at radius 1 is 0.205 bits per heavy atom. The van der Waals surface area contributed by atoms with E-state index in [1.54, 1.807) is 49.6 Å². The van der Waals surface area contributed by atoms with Gasteiger partial charge in [0, 0.05) is 105 Å². The van der Waals surface area contributed by atoms with Gasteiger partial charge in [-0.05, 0) is 135 Å². The molecule has 0 spiro atoms. The van der Waals surface area contributed by atoms with Crippen molar-refractivity contribution < 1.29 is 0 Å². The summed E-state index contributed by atoms with van der Waals surface area (Å²) in [4.78, 5) is 49.6. The number of hydrogen-bond donors (Lipinski definition) is 0. The smallest absolute Gasteiger partial charge is 0.113 e. The van der Waals surface area contributed by atoms with Gasteiger partial charge in [-0.3, -0.25) is 39.9 Å². The Kier molecular flexibility index (Phi) is 12.4. The summed E-state index contributed by atoms with van der Waals surface area (Å²) in [6.45, 7) is 8.72. The first-order valence-electron chi connectivity index (χ1n) is 29.4. The van der Waals surface area contributed by atoms with Crippen molar-refractivity contribution in [1.29, 1.82) is 0 Å². The van der Waals surface area contributed by atoms with E-state index >= 15 is 0 Å². The summed E-state index contributed by atoms with van der Waals surface area (Å²) in [6.07, 6.45) is 14.2. The van der Waals surface area contributed by atoms with Crippen molar-refractivity contribution in [2.45, 2.75) is 27.7 Å². The Labute approximate surface area is 507 Å². The minimum Gasteiger partial charge on any atom is -0.307 e. The molecule has 0 bridgehead atoms. The van der Waals surface area contributed by atoms with Crippen LogP contribution in [0.3, 0.4) is 0 Å². The van der Waals surface area contributed by atoms with E-state index in [1.165, 1.54) is 0 Å². The first-order chi connectivity index (χ1) is 43.4. The zero-order valence-electron chi connectivity index (χ0n) is 48.6. The summed E-state index contributed by atoms with van der Waals surface area (Å²) in [6, 6.07) is 73.6. The van der Waals surface area contributed by atoms with Crippen LogP contribution in [0.2, 0.25) is 0 Å². The summed E-state index contributed by atoms with van der Waals surface area (Å²) in [7, 11) is 0. The second-order valence-corrected chi connectivity index (χ2v) is 22.2. The lowest BCUT2D eigenvalue weighted by molar-refractivity contribution is 1.22. The number of anilines is 12. The monoisotopic (exact) mass is 1130 g/mol. The number of rotatable bonds is 12. The van der Waals surface area contributed by atoms with E-state index in [9.17, 15) is 0 Å². The summed E-state index contributed by atoms with van der Waals surface area (Å²) in [5.41, 5.74) is 21.8. The predicted molar refractivity (Wildman–Crippen MR) is 360 cm³/mol. The molecule has 0 aliphatic carbocycles. The number of hydrogen-bond acceptors (Lipinski definition) is 12. The van der Waals surface area contributed by atoms with Gasteiger partial charge in [0.2, 0.25) is 0 Å². The molecule has 0 aliphatic rings. The molecule has 0 radical (unpaired) electrons. The lowest BCUT2D eigenvalue weighted by Crippen LogP contribution is -2.18. The third kappa shape index (κ3) is 8.36. The minimum absolute atomic E-state index is 0.768. The van der Waals surface area contributed by atoms with Gasteiger partial charge in [0.05, 0.1) is 67.6 Å². The Bertz CT molecular complexity index is 4730. The molecule has 88 heavy (non-hydrogen) atoms. The number of fused-ring (bicyclic) bond motifs is 4. The van der Waals surface area contributed by atoms with Gasteiger partial charge in [0.15, 0.2) is 0 Å². The Morgan fingerprint density at radius 2 is 0.420 bits per heavy atom. The van der Waals surface area contributed by atoms with Crippen LogP contribution in [-0.4, -0.2) is 39.9 Å². The number of para-hydroxylation sites is 8. The van der Waals surface area contributed by atoms with E-state index in [0.29, 0.717) is 0 Å². The third-order valence-corrected chi connectivity index (χ3v) is 17.1. The van der Waals surface area contributed by atoms with Crippen LogP contribution in [-0.2, 0) is 0 Å². The molecule has 4 aromatic heterocycles. The largest absolute Gasteiger partial charge is 0.307 e. The quantitative estimate of drug-likeness (QED) is 0.108. The fourth-order valence-electron chi connectivity index (χ4n) is 13.1. The standard InChI is InChI=1S/C76H54N12/c1-47-17-5-9-25-59(47)85(63-29-13-21-55-73(63)81-41-37-77-55)67-45-68(86(60-26-10-6-18-48(60)2)64-30-14-22-56-74(64)82-42-38-78-56)52-35-36-54-70(88(62-28-12-8-20-50(62)4)66-32-16-24-58-76(66)84-44-40-80-58)46-69(53-34-33-51(67)71(52)72(53)54)87(61-27-11-7-19-49(61)3)65-31-15-23-57-75(65)83-43-39-79-57/h5-46H,1-4H3. The molecule has 12 heteroatoms. The zero-order chi connectivity index (χ0) is 59.0. The van der Waals surface area contributed by atoms with Crippen LogP contribution >= 0.6 is 0 Å². The molecule has 0 atom stereocenters. The molecule has 16 aromatic rings. The second kappa shape index (κ2) is 21.1. The topological polar surface area (TPSA) is 116 Å². The normalized spacial score (nSPS) is 11.6. The van der Waals surface area contributed by atoms with Gasteiger partial charge >= 0.3 is 0 Å². The summed E-state index contributed by atoms with van der Waals surface area (Å²) in [5, 5.41) is 6.16. The van der Waals surface area contributed by atoms with Gasteiger partial charge in [0.1, 0.15) is 22.1 Å². The molecular weight excluding hydrogens is 1080 g/mol. The van der Waals surface area contributed by atoms with Crippen LogP contribution in [0.5, 0.6) is 0 Å². The van der Waals surface area contributed by atoms with Crippen molar-refractivity contribution in [3.8, 4) is 0 Å². The van der Waals surface area contributed by atoms with Crippen molar-refractivity contribution in [3.05, 3.63) is 278 Å². The van der Waals surface area contributed by atoms with Crippen LogP contribution in [0.15, 0.2) is 256 Å². The van der Waals surface area contributed by atoms with Crippen LogP contribution in [0, 0.1) is 27.7 Å². The van der Waals surface area contributed by atoms with E-state index in [0.717, 1.165) is 167 Å². The van der Waals surface area contributed by atoms with E-state index in [2.05, 4.69) is 229 Å². The second-order valence-electron chi connectivity index (χ2n) is 22.2. The van der Waals surface area contributed by atoms with Crippen LogP contribution in [0.1, 0.15) is 22.3 Å². The SMILES string of the molecule is Cc1ccccc1N(c1cc(N(c2ccccc2C)c2cccc3nccnc23)c2ccc3c(N(c4ccccc4C)c4cccc5nccnc45)cc(N(c4ccccc4C)c4cccc5nccnc45)c4ccc1c2c43)c1cccc2nccnc12. The fourth-order valence-corrected chi connectivity index (χ4v) is 13.1. The predicted octanol–water partition coefficient (Wildman–Crippen LogP) is 19.5. The van der Waals surface area contributed by atoms with Gasteiger partial charge in [0.25, 0.3) is 0 Å². The Morgan fingerprint density at radius 3 is 0.659 bits per heavy atom.